The van der Waals surface area contributed by atoms with Crippen molar-refractivity contribution in [2.24, 2.45) is 0 Å². The van der Waals surface area contributed by atoms with Gasteiger partial charge in [0.2, 0.25) is 23.6 Å². The molecule has 0 aliphatic rings. The third-order valence-electron chi connectivity index (χ3n) is 1.89. The molecule has 0 fully saturated rings. The minimum atomic E-state index is -0.390. The van der Waals surface area contributed by atoms with E-state index in [1.165, 1.54) is 27.7 Å². The van der Waals surface area contributed by atoms with Crippen LogP contribution in [0.25, 0.3) is 0 Å². The Kier molecular flexibility index (Phi) is 6.40. The predicted molar refractivity (Wildman–Crippen MR) is 62.4 cm³/mol. The van der Waals surface area contributed by atoms with Crippen molar-refractivity contribution in [3.8, 4) is 0 Å². The highest BCUT2D eigenvalue weighted by molar-refractivity contribution is 5.80. The molecule has 0 atom stereocenters. The average Bonchev–Trinajstić information content (AvgIpc) is 2.20. The molecule has 0 aromatic heterocycles. The summed E-state index contributed by atoms with van der Waals surface area (Å²) in [6.45, 7) is 5.27. The van der Waals surface area contributed by atoms with Crippen LogP contribution < -0.4 is 10.9 Å². The van der Waals surface area contributed by atoms with Gasteiger partial charge >= 0.3 is 0 Å². The summed E-state index contributed by atoms with van der Waals surface area (Å²) in [5.41, 5.74) is 4.64. The van der Waals surface area contributed by atoms with Gasteiger partial charge < -0.3 is 0 Å². The minimum absolute atomic E-state index is 0.0781. The maximum atomic E-state index is 11.2. The summed E-state index contributed by atoms with van der Waals surface area (Å²) in [4.78, 5) is 44.1. The van der Waals surface area contributed by atoms with Crippen LogP contribution in [0.5, 0.6) is 0 Å². The number of hydrazine groups is 2. The van der Waals surface area contributed by atoms with Crippen LogP contribution in [0.2, 0.25) is 0 Å². The van der Waals surface area contributed by atoms with E-state index >= 15 is 0 Å². The van der Waals surface area contributed by atoms with Crippen LogP contribution in [0.4, 0.5) is 0 Å². The van der Waals surface area contributed by atoms with Crippen LogP contribution in [-0.4, -0.2) is 46.7 Å². The fourth-order valence-corrected chi connectivity index (χ4v) is 1.16. The number of nitrogens with one attached hydrogen (secondary N) is 2. The lowest BCUT2D eigenvalue weighted by atomic mass is 10.5. The number of hydrogen-bond donors (Lipinski definition) is 2. The zero-order valence-corrected chi connectivity index (χ0v) is 10.9. The SMILES string of the molecule is CC(=O)NN(CCN(NC(C)=O)C(C)=O)C(C)=O. The van der Waals surface area contributed by atoms with Gasteiger partial charge in [-0.05, 0) is 0 Å². The quantitative estimate of drug-likeness (QED) is 0.620. The molecule has 0 bridgehead atoms. The Labute approximate surface area is 105 Å². The highest BCUT2D eigenvalue weighted by Crippen LogP contribution is 1.90. The number of amides is 4. The fraction of sp³-hybridized carbons (Fsp3) is 0.600. The lowest BCUT2D eigenvalue weighted by Crippen LogP contribution is -2.52. The first-order valence-corrected chi connectivity index (χ1v) is 5.34. The maximum Gasteiger partial charge on any atom is 0.237 e. The van der Waals surface area contributed by atoms with Crippen molar-refractivity contribution in [3.63, 3.8) is 0 Å². The van der Waals surface area contributed by atoms with Gasteiger partial charge in [-0.1, -0.05) is 0 Å². The molecule has 0 unspecified atom stereocenters. The van der Waals surface area contributed by atoms with E-state index in [9.17, 15) is 19.2 Å². The smallest absolute Gasteiger partial charge is 0.237 e. The van der Waals surface area contributed by atoms with Gasteiger partial charge in [-0.15, -0.1) is 0 Å². The number of carbonyl (C=O) groups excluding carboxylic acids is 4. The summed E-state index contributed by atoms with van der Waals surface area (Å²) in [7, 11) is 0. The van der Waals surface area contributed by atoms with Crippen LogP contribution >= 0.6 is 0 Å². The number of nitrogens with zero attached hydrogens (tertiary/aromatic N) is 2. The van der Waals surface area contributed by atoms with E-state index in [0.717, 1.165) is 10.0 Å². The summed E-state index contributed by atoms with van der Waals surface area (Å²) in [5.74, 6) is -1.51. The molecular weight excluding hydrogens is 240 g/mol. The van der Waals surface area contributed by atoms with Gasteiger partial charge in [0.05, 0.1) is 13.1 Å². The van der Waals surface area contributed by atoms with Crippen molar-refractivity contribution in [3.05, 3.63) is 0 Å². The van der Waals surface area contributed by atoms with E-state index in [4.69, 9.17) is 0 Å². The van der Waals surface area contributed by atoms with E-state index in [1.807, 2.05) is 0 Å². The van der Waals surface area contributed by atoms with Crippen molar-refractivity contribution < 1.29 is 19.2 Å². The van der Waals surface area contributed by atoms with E-state index < -0.39 is 0 Å². The molecule has 0 aliphatic heterocycles. The molecule has 8 nitrogen and oxygen atoms in total. The van der Waals surface area contributed by atoms with Crippen molar-refractivity contribution >= 4 is 23.6 Å². The number of hydrogen-bond acceptors (Lipinski definition) is 4. The standard InChI is InChI=1S/C10H18N4O4/c1-7(15)11-13(9(3)17)5-6-14(10(4)18)12-8(2)16/h5-6H2,1-4H3,(H,11,15)(H,12,16). The van der Waals surface area contributed by atoms with Gasteiger partial charge in [0.15, 0.2) is 0 Å². The van der Waals surface area contributed by atoms with Crippen LogP contribution in [-0.2, 0) is 19.2 Å². The minimum Gasteiger partial charge on any atom is -0.274 e. The van der Waals surface area contributed by atoms with Crippen molar-refractivity contribution in [1.82, 2.24) is 20.9 Å². The molecule has 0 saturated heterocycles. The van der Waals surface area contributed by atoms with E-state index in [0.29, 0.717) is 0 Å². The first-order chi connectivity index (χ1) is 8.23. The second-order valence-corrected chi connectivity index (χ2v) is 3.68. The zero-order valence-electron chi connectivity index (χ0n) is 10.9. The highest BCUT2D eigenvalue weighted by Gasteiger charge is 2.15. The van der Waals surface area contributed by atoms with Crippen molar-refractivity contribution in [2.75, 3.05) is 13.1 Å². The second kappa shape index (κ2) is 7.25. The van der Waals surface area contributed by atoms with Crippen LogP contribution in [0, 0.1) is 0 Å². The first kappa shape index (κ1) is 15.9. The maximum absolute atomic E-state index is 11.2. The largest absolute Gasteiger partial charge is 0.274 e. The normalized spacial score (nSPS) is 9.33. The molecule has 0 aliphatic carbocycles. The lowest BCUT2D eigenvalue weighted by molar-refractivity contribution is -0.143. The Morgan fingerprint density at radius 2 is 1.00 bits per heavy atom. The summed E-state index contributed by atoms with van der Waals surface area (Å²) in [6, 6.07) is 0. The first-order valence-electron chi connectivity index (χ1n) is 5.34. The molecule has 0 spiro atoms. The van der Waals surface area contributed by atoms with E-state index in [-0.39, 0.29) is 36.7 Å². The molecule has 8 heteroatoms. The molecule has 0 rings (SSSR count). The number of carbonyl (C=O) groups is 4. The molecule has 0 saturated carbocycles. The Hall–Kier alpha value is -2.12. The Morgan fingerprint density at radius 3 is 1.17 bits per heavy atom. The van der Waals surface area contributed by atoms with Gasteiger partial charge in [-0.3, -0.25) is 40.0 Å². The summed E-state index contributed by atoms with van der Waals surface area (Å²) in [5, 5.41) is 2.14. The third-order valence-corrected chi connectivity index (χ3v) is 1.89. The fourth-order valence-electron chi connectivity index (χ4n) is 1.16. The summed E-state index contributed by atoms with van der Waals surface area (Å²) in [6.07, 6.45) is 0. The molecule has 0 heterocycles. The van der Waals surface area contributed by atoms with Gasteiger partial charge in [0, 0.05) is 27.7 Å². The number of rotatable bonds is 3. The average molecular weight is 258 g/mol. The highest BCUT2D eigenvalue weighted by atomic mass is 16.2. The second-order valence-electron chi connectivity index (χ2n) is 3.68. The van der Waals surface area contributed by atoms with Crippen molar-refractivity contribution in [2.45, 2.75) is 27.7 Å². The van der Waals surface area contributed by atoms with Crippen LogP contribution in [0.3, 0.4) is 0 Å². The molecule has 0 radical (unpaired) electrons. The molecule has 18 heavy (non-hydrogen) atoms. The summed E-state index contributed by atoms with van der Waals surface area (Å²) < 4.78 is 0. The predicted octanol–water partition coefficient (Wildman–Crippen LogP) is -1.21. The van der Waals surface area contributed by atoms with E-state index in [2.05, 4.69) is 10.9 Å². The molecule has 0 aromatic rings. The summed E-state index contributed by atoms with van der Waals surface area (Å²) >= 11 is 0. The van der Waals surface area contributed by atoms with Gasteiger partial charge in [0.1, 0.15) is 0 Å². The van der Waals surface area contributed by atoms with Crippen LogP contribution in [0.15, 0.2) is 0 Å². The molecular formula is C10H18N4O4. The van der Waals surface area contributed by atoms with Crippen molar-refractivity contribution in [1.29, 1.82) is 0 Å². The van der Waals surface area contributed by atoms with Gasteiger partial charge in [-0.25, -0.2) is 0 Å². The lowest BCUT2D eigenvalue weighted by Gasteiger charge is -2.26. The zero-order chi connectivity index (χ0) is 14.3. The molecule has 102 valence electrons. The Bertz CT molecular complexity index is 322. The Morgan fingerprint density at radius 1 is 0.722 bits per heavy atom. The monoisotopic (exact) mass is 258 g/mol. The van der Waals surface area contributed by atoms with Gasteiger partial charge in [-0.2, -0.15) is 0 Å². The molecule has 2 N–H and O–H groups in total. The molecule has 0 aromatic carbocycles. The van der Waals surface area contributed by atoms with Gasteiger partial charge in [0.25, 0.3) is 0 Å². The third kappa shape index (κ3) is 6.46. The topological polar surface area (TPSA) is 98.8 Å². The van der Waals surface area contributed by atoms with E-state index in [1.54, 1.807) is 0 Å². The van der Waals surface area contributed by atoms with Crippen LogP contribution in [0.1, 0.15) is 27.7 Å². The Balaban J connectivity index is 4.45. The molecule has 4 amide bonds.